The number of hydrogen-bond acceptors (Lipinski definition) is 4. The van der Waals surface area contributed by atoms with E-state index >= 15 is 0 Å². The minimum Gasteiger partial charge on any atom is -0.472 e. The Morgan fingerprint density at radius 2 is 1.73 bits per heavy atom. The van der Waals surface area contributed by atoms with Crippen molar-refractivity contribution in [2.24, 2.45) is 0 Å². The fourth-order valence-electron chi connectivity index (χ4n) is 2.73. The van der Waals surface area contributed by atoms with E-state index in [-0.39, 0.29) is 5.60 Å². The minimum atomic E-state index is -0.222. The van der Waals surface area contributed by atoms with Gasteiger partial charge in [0.1, 0.15) is 5.60 Å². The predicted molar refractivity (Wildman–Crippen MR) is 91.8 cm³/mol. The average molecular weight is 299 g/mol. The maximum Gasteiger partial charge on any atom is 0.214 e. The summed E-state index contributed by atoms with van der Waals surface area (Å²) >= 11 is 0. The van der Waals surface area contributed by atoms with Gasteiger partial charge < -0.3 is 14.5 Å². The Bertz CT molecular complexity index is 655. The molecule has 0 radical (unpaired) electrons. The van der Waals surface area contributed by atoms with Crippen molar-refractivity contribution in [1.82, 2.24) is 9.88 Å². The first kappa shape index (κ1) is 15.1. The third-order valence-corrected chi connectivity index (χ3v) is 3.93. The molecule has 0 spiro atoms. The summed E-state index contributed by atoms with van der Waals surface area (Å²) in [6, 6.07) is 10.6. The third kappa shape index (κ3) is 3.50. The summed E-state index contributed by atoms with van der Waals surface area (Å²) < 4.78 is 5.84. The fourth-order valence-corrected chi connectivity index (χ4v) is 2.73. The number of aromatic nitrogens is 1. The number of nitrogens with zero attached hydrogens (tertiary/aromatic N) is 3. The summed E-state index contributed by atoms with van der Waals surface area (Å²) in [5.74, 6) is 0.687. The van der Waals surface area contributed by atoms with Crippen LogP contribution in [0.2, 0.25) is 0 Å². The van der Waals surface area contributed by atoms with E-state index in [1.807, 2.05) is 26.8 Å². The zero-order valence-electron chi connectivity index (χ0n) is 14.0. The lowest BCUT2D eigenvalue weighted by molar-refractivity contribution is 0.124. The van der Waals surface area contributed by atoms with Gasteiger partial charge in [-0.25, -0.2) is 4.98 Å². The molecule has 0 saturated carbocycles. The molecule has 118 valence electrons. The zero-order chi connectivity index (χ0) is 15.7. The summed E-state index contributed by atoms with van der Waals surface area (Å²) in [4.78, 5) is 9.42. The molecule has 0 aliphatic carbocycles. The Labute approximate surface area is 132 Å². The molecule has 0 bridgehead atoms. The van der Waals surface area contributed by atoms with Crippen LogP contribution < -0.4 is 9.64 Å². The first-order valence-corrected chi connectivity index (χ1v) is 7.94. The predicted octanol–water partition coefficient (Wildman–Crippen LogP) is 3.16. The van der Waals surface area contributed by atoms with Crippen molar-refractivity contribution in [3.63, 3.8) is 0 Å². The van der Waals surface area contributed by atoms with Crippen LogP contribution in [0.5, 0.6) is 5.88 Å². The normalized spacial score (nSPS) is 17.0. The molecule has 4 nitrogen and oxygen atoms in total. The van der Waals surface area contributed by atoms with E-state index in [0.717, 1.165) is 37.1 Å². The standard InChI is InChI=1S/C18H25N3O/c1-18(2,3)22-17-8-5-14-13-15(6-7-16(14)19-17)21-11-9-20(4)10-12-21/h5-8,13H,9-12H2,1-4H3. The second kappa shape index (κ2) is 5.76. The summed E-state index contributed by atoms with van der Waals surface area (Å²) in [6.07, 6.45) is 0. The number of fused-ring (bicyclic) bond motifs is 1. The van der Waals surface area contributed by atoms with Gasteiger partial charge in [-0.2, -0.15) is 0 Å². The van der Waals surface area contributed by atoms with E-state index in [9.17, 15) is 0 Å². The third-order valence-electron chi connectivity index (χ3n) is 3.93. The van der Waals surface area contributed by atoms with Crippen LogP contribution in [0.1, 0.15) is 20.8 Å². The average Bonchev–Trinajstić information content (AvgIpc) is 2.46. The van der Waals surface area contributed by atoms with Crippen molar-refractivity contribution < 1.29 is 4.74 Å². The van der Waals surface area contributed by atoms with Crippen LogP contribution in [0, 0.1) is 0 Å². The van der Waals surface area contributed by atoms with Gasteiger partial charge in [0, 0.05) is 43.3 Å². The van der Waals surface area contributed by atoms with Gasteiger partial charge in [0.2, 0.25) is 5.88 Å². The molecule has 0 atom stereocenters. The Kier molecular flexibility index (Phi) is 3.96. The molecule has 1 aromatic carbocycles. The summed E-state index contributed by atoms with van der Waals surface area (Å²) in [5, 5.41) is 1.16. The molecule has 1 saturated heterocycles. The highest BCUT2D eigenvalue weighted by Gasteiger charge is 2.15. The van der Waals surface area contributed by atoms with Crippen LogP contribution in [-0.2, 0) is 0 Å². The van der Waals surface area contributed by atoms with E-state index in [4.69, 9.17) is 4.74 Å². The van der Waals surface area contributed by atoms with Crippen molar-refractivity contribution in [3.05, 3.63) is 30.3 Å². The maximum absolute atomic E-state index is 5.84. The molecule has 4 heteroatoms. The lowest BCUT2D eigenvalue weighted by atomic mass is 10.1. The highest BCUT2D eigenvalue weighted by molar-refractivity contribution is 5.83. The molecule has 0 amide bonds. The topological polar surface area (TPSA) is 28.6 Å². The Balaban J connectivity index is 1.83. The number of hydrogen-bond donors (Lipinski definition) is 0. The number of piperazine rings is 1. The SMILES string of the molecule is CN1CCN(c2ccc3nc(OC(C)(C)C)ccc3c2)CC1. The number of ether oxygens (including phenoxy) is 1. The number of likely N-dealkylation sites (N-methyl/N-ethyl adjacent to an activating group) is 1. The molecular formula is C18H25N3O. The molecule has 1 aromatic heterocycles. The lowest BCUT2D eigenvalue weighted by Crippen LogP contribution is -2.44. The van der Waals surface area contributed by atoms with Gasteiger partial charge in [0.05, 0.1) is 5.52 Å². The van der Waals surface area contributed by atoms with Gasteiger partial charge in [-0.15, -0.1) is 0 Å². The fraction of sp³-hybridized carbons (Fsp3) is 0.500. The summed E-state index contributed by atoms with van der Waals surface area (Å²) in [5.41, 5.74) is 2.05. The molecule has 1 fully saturated rings. The van der Waals surface area contributed by atoms with E-state index in [0.29, 0.717) is 5.88 Å². The molecule has 3 rings (SSSR count). The molecule has 1 aliphatic rings. The van der Waals surface area contributed by atoms with Gasteiger partial charge in [-0.05, 0) is 52.1 Å². The number of pyridine rings is 1. The Morgan fingerprint density at radius 3 is 2.41 bits per heavy atom. The van der Waals surface area contributed by atoms with Crippen LogP contribution in [0.3, 0.4) is 0 Å². The smallest absolute Gasteiger partial charge is 0.214 e. The molecular weight excluding hydrogens is 274 g/mol. The van der Waals surface area contributed by atoms with Crippen molar-refractivity contribution in [1.29, 1.82) is 0 Å². The maximum atomic E-state index is 5.84. The first-order valence-electron chi connectivity index (χ1n) is 7.94. The van der Waals surface area contributed by atoms with Gasteiger partial charge in [0.25, 0.3) is 0 Å². The Morgan fingerprint density at radius 1 is 1.00 bits per heavy atom. The van der Waals surface area contributed by atoms with Gasteiger partial charge in [-0.3, -0.25) is 0 Å². The number of rotatable bonds is 2. The van der Waals surface area contributed by atoms with Crippen LogP contribution in [0.25, 0.3) is 10.9 Å². The molecule has 0 N–H and O–H groups in total. The van der Waals surface area contributed by atoms with E-state index in [2.05, 4.69) is 46.1 Å². The van der Waals surface area contributed by atoms with E-state index < -0.39 is 0 Å². The van der Waals surface area contributed by atoms with Crippen LogP contribution in [0.4, 0.5) is 5.69 Å². The van der Waals surface area contributed by atoms with Crippen LogP contribution in [0.15, 0.2) is 30.3 Å². The van der Waals surface area contributed by atoms with E-state index in [1.54, 1.807) is 0 Å². The second-order valence-corrected chi connectivity index (χ2v) is 7.03. The number of anilines is 1. The van der Waals surface area contributed by atoms with Crippen LogP contribution in [-0.4, -0.2) is 48.7 Å². The molecule has 1 aliphatic heterocycles. The van der Waals surface area contributed by atoms with Crippen molar-refractivity contribution in [3.8, 4) is 5.88 Å². The van der Waals surface area contributed by atoms with Crippen LogP contribution >= 0.6 is 0 Å². The highest BCUT2D eigenvalue weighted by Crippen LogP contribution is 2.25. The van der Waals surface area contributed by atoms with E-state index in [1.165, 1.54) is 5.69 Å². The Hall–Kier alpha value is -1.81. The summed E-state index contributed by atoms with van der Waals surface area (Å²) in [7, 11) is 2.18. The van der Waals surface area contributed by atoms with Crippen molar-refractivity contribution in [2.45, 2.75) is 26.4 Å². The number of benzene rings is 1. The molecule has 2 heterocycles. The first-order chi connectivity index (χ1) is 10.4. The largest absolute Gasteiger partial charge is 0.472 e. The minimum absolute atomic E-state index is 0.222. The quantitative estimate of drug-likeness (QED) is 0.851. The summed E-state index contributed by atoms with van der Waals surface area (Å²) in [6.45, 7) is 10.5. The van der Waals surface area contributed by atoms with Crippen molar-refractivity contribution >= 4 is 16.6 Å². The zero-order valence-corrected chi connectivity index (χ0v) is 14.0. The monoisotopic (exact) mass is 299 g/mol. The molecule has 2 aromatic rings. The van der Waals surface area contributed by atoms with Crippen molar-refractivity contribution in [2.75, 3.05) is 38.1 Å². The second-order valence-electron chi connectivity index (χ2n) is 7.03. The van der Waals surface area contributed by atoms with Gasteiger partial charge in [-0.1, -0.05) is 0 Å². The lowest BCUT2D eigenvalue weighted by Gasteiger charge is -2.34. The van der Waals surface area contributed by atoms with Gasteiger partial charge in [0.15, 0.2) is 0 Å². The molecule has 0 unspecified atom stereocenters. The van der Waals surface area contributed by atoms with Gasteiger partial charge >= 0.3 is 0 Å². The molecule has 22 heavy (non-hydrogen) atoms. The highest BCUT2D eigenvalue weighted by atomic mass is 16.5.